The number of anilines is 1. The van der Waals surface area contributed by atoms with Crippen LogP contribution >= 0.6 is 0 Å². The predicted molar refractivity (Wildman–Crippen MR) is 107 cm³/mol. The number of esters is 1. The van der Waals surface area contributed by atoms with Crippen LogP contribution in [-0.2, 0) is 21.3 Å². The van der Waals surface area contributed by atoms with Crippen molar-refractivity contribution in [2.75, 3.05) is 12.4 Å². The molecule has 28 heavy (non-hydrogen) atoms. The van der Waals surface area contributed by atoms with Gasteiger partial charge in [-0.25, -0.2) is 9.78 Å². The van der Waals surface area contributed by atoms with E-state index in [0.29, 0.717) is 11.3 Å². The molecule has 0 bridgehead atoms. The van der Waals surface area contributed by atoms with Crippen LogP contribution in [0.4, 0.5) is 5.69 Å². The van der Waals surface area contributed by atoms with Crippen molar-refractivity contribution in [3.63, 3.8) is 0 Å². The maximum absolute atomic E-state index is 12.8. The number of hydrogen-bond donors (Lipinski definition) is 1. The van der Waals surface area contributed by atoms with Gasteiger partial charge in [-0.1, -0.05) is 30.3 Å². The molecular weight excluding hydrogens is 376 g/mol. The lowest BCUT2D eigenvalue weighted by Gasteiger charge is -2.10. The molecule has 3 aromatic rings. The van der Waals surface area contributed by atoms with Crippen molar-refractivity contribution in [2.24, 2.45) is 0 Å². The van der Waals surface area contributed by atoms with Gasteiger partial charge in [0.15, 0.2) is 0 Å². The van der Waals surface area contributed by atoms with Crippen molar-refractivity contribution >= 4 is 28.4 Å². The highest BCUT2D eigenvalue weighted by Crippen LogP contribution is 2.17. The highest BCUT2D eigenvalue weighted by atomic mass is 32.2. The third-order valence-corrected chi connectivity index (χ3v) is 5.29. The lowest BCUT2D eigenvalue weighted by atomic mass is 10.2. The lowest BCUT2D eigenvalue weighted by Crippen LogP contribution is -2.16. The lowest BCUT2D eigenvalue weighted by molar-refractivity contribution is 0.0600. The molecule has 1 N–H and O–H groups in total. The molecule has 142 valence electrons. The van der Waals surface area contributed by atoms with Crippen LogP contribution in [0, 0.1) is 0 Å². The summed E-state index contributed by atoms with van der Waals surface area (Å²) in [5, 5.41) is 2.97. The average Bonchev–Trinajstić information content (AvgIpc) is 2.74. The standard InChI is InChI=1S/C21H18N2O4S/c1-27-21(25)16-9-11-17(12-10-16)23-19(24)18-8-5-13-22-20(18)28(26)14-15-6-3-2-4-7-15/h2-13H,14H2,1H3,(H,23,24). The smallest absolute Gasteiger partial charge is 0.337 e. The SMILES string of the molecule is COC(=O)c1ccc(NC(=O)c2cccnc2S(=O)Cc2ccccc2)cc1. The second kappa shape index (κ2) is 9.05. The molecule has 1 unspecified atom stereocenters. The van der Waals surface area contributed by atoms with Gasteiger partial charge in [-0.05, 0) is 42.0 Å². The first-order valence-electron chi connectivity index (χ1n) is 8.45. The molecule has 7 heteroatoms. The fourth-order valence-electron chi connectivity index (χ4n) is 2.54. The van der Waals surface area contributed by atoms with E-state index < -0.39 is 22.7 Å². The number of pyridine rings is 1. The molecule has 0 spiro atoms. The van der Waals surface area contributed by atoms with Crippen LogP contribution < -0.4 is 5.32 Å². The zero-order valence-corrected chi connectivity index (χ0v) is 15.9. The van der Waals surface area contributed by atoms with Crippen LogP contribution in [0.2, 0.25) is 0 Å². The summed E-state index contributed by atoms with van der Waals surface area (Å²) in [5.74, 6) is -0.606. The number of amides is 1. The van der Waals surface area contributed by atoms with Gasteiger partial charge in [-0.2, -0.15) is 0 Å². The Morgan fingerprint density at radius 2 is 1.71 bits per heavy atom. The van der Waals surface area contributed by atoms with E-state index in [9.17, 15) is 13.8 Å². The largest absolute Gasteiger partial charge is 0.465 e. The number of nitrogens with one attached hydrogen (secondary N) is 1. The van der Waals surface area contributed by atoms with Gasteiger partial charge in [0.2, 0.25) is 0 Å². The van der Waals surface area contributed by atoms with Crippen molar-refractivity contribution < 1.29 is 18.5 Å². The molecule has 0 fully saturated rings. The first-order valence-corrected chi connectivity index (χ1v) is 9.77. The van der Waals surface area contributed by atoms with Gasteiger partial charge in [0, 0.05) is 11.9 Å². The number of aromatic nitrogens is 1. The zero-order chi connectivity index (χ0) is 19.9. The van der Waals surface area contributed by atoms with Crippen LogP contribution in [0.25, 0.3) is 0 Å². The van der Waals surface area contributed by atoms with E-state index in [2.05, 4.69) is 15.0 Å². The maximum atomic E-state index is 12.8. The van der Waals surface area contributed by atoms with Gasteiger partial charge >= 0.3 is 5.97 Å². The Morgan fingerprint density at radius 3 is 2.39 bits per heavy atom. The predicted octanol–water partition coefficient (Wildman–Crippen LogP) is 3.43. The van der Waals surface area contributed by atoms with Crippen molar-refractivity contribution in [3.8, 4) is 0 Å². The highest BCUT2D eigenvalue weighted by Gasteiger charge is 2.18. The second-order valence-corrected chi connectivity index (χ2v) is 7.22. The summed E-state index contributed by atoms with van der Waals surface area (Å²) >= 11 is 0. The molecule has 0 aliphatic heterocycles. The van der Waals surface area contributed by atoms with Crippen LogP contribution in [0.1, 0.15) is 26.3 Å². The Kier molecular flexibility index (Phi) is 6.29. The summed E-state index contributed by atoms with van der Waals surface area (Å²) in [6.07, 6.45) is 1.51. The Hall–Kier alpha value is -3.32. The van der Waals surface area contributed by atoms with E-state index in [4.69, 9.17) is 0 Å². The third-order valence-electron chi connectivity index (χ3n) is 3.94. The Morgan fingerprint density at radius 1 is 1.00 bits per heavy atom. The summed E-state index contributed by atoms with van der Waals surface area (Å²) in [5.41, 5.74) is 2.03. The molecule has 1 aromatic heterocycles. The number of methoxy groups -OCH3 is 1. The minimum absolute atomic E-state index is 0.232. The summed E-state index contributed by atoms with van der Waals surface area (Å²) in [6, 6.07) is 18.9. The molecule has 0 saturated heterocycles. The molecule has 0 aliphatic rings. The van der Waals surface area contributed by atoms with Crippen molar-refractivity contribution in [3.05, 3.63) is 89.6 Å². The fraction of sp³-hybridized carbons (Fsp3) is 0.0952. The molecule has 2 aromatic carbocycles. The normalized spacial score (nSPS) is 11.5. The maximum Gasteiger partial charge on any atom is 0.337 e. The van der Waals surface area contributed by atoms with Gasteiger partial charge < -0.3 is 10.1 Å². The third kappa shape index (κ3) is 4.69. The van der Waals surface area contributed by atoms with E-state index in [1.165, 1.54) is 13.3 Å². The van der Waals surface area contributed by atoms with E-state index in [0.717, 1.165) is 5.56 Å². The average molecular weight is 394 g/mol. The summed E-state index contributed by atoms with van der Waals surface area (Å²) in [6.45, 7) is 0. The van der Waals surface area contributed by atoms with E-state index in [1.807, 2.05) is 30.3 Å². The Bertz CT molecular complexity index is 1000. The number of carbonyl (C=O) groups is 2. The summed E-state index contributed by atoms with van der Waals surface area (Å²) < 4.78 is 17.4. The number of rotatable bonds is 6. The van der Waals surface area contributed by atoms with E-state index in [-0.39, 0.29) is 16.3 Å². The van der Waals surface area contributed by atoms with Crippen LogP contribution in [0.3, 0.4) is 0 Å². The minimum Gasteiger partial charge on any atom is -0.465 e. The molecule has 0 aliphatic carbocycles. The van der Waals surface area contributed by atoms with E-state index in [1.54, 1.807) is 36.4 Å². The number of ether oxygens (including phenoxy) is 1. The molecule has 1 atom stereocenters. The Balaban J connectivity index is 1.77. The van der Waals surface area contributed by atoms with Crippen LogP contribution in [0.15, 0.2) is 78.0 Å². The van der Waals surface area contributed by atoms with Crippen molar-refractivity contribution in [2.45, 2.75) is 10.8 Å². The van der Waals surface area contributed by atoms with Gasteiger partial charge in [-0.15, -0.1) is 0 Å². The molecule has 1 amide bonds. The summed E-state index contributed by atoms with van der Waals surface area (Å²) in [4.78, 5) is 28.3. The van der Waals surface area contributed by atoms with Gasteiger partial charge in [0.05, 0.1) is 34.8 Å². The molecule has 0 saturated carbocycles. The summed E-state index contributed by atoms with van der Waals surface area (Å²) in [7, 11) is -0.166. The molecule has 6 nitrogen and oxygen atoms in total. The van der Waals surface area contributed by atoms with Crippen LogP contribution in [-0.4, -0.2) is 28.2 Å². The molecular formula is C21H18N2O4S. The fourth-order valence-corrected chi connectivity index (χ4v) is 3.76. The number of carbonyl (C=O) groups excluding carboxylic acids is 2. The van der Waals surface area contributed by atoms with Gasteiger partial charge in [0.25, 0.3) is 5.91 Å². The van der Waals surface area contributed by atoms with Crippen molar-refractivity contribution in [1.29, 1.82) is 0 Å². The van der Waals surface area contributed by atoms with Crippen molar-refractivity contribution in [1.82, 2.24) is 4.98 Å². The quantitative estimate of drug-likeness (QED) is 0.648. The minimum atomic E-state index is -1.47. The van der Waals surface area contributed by atoms with E-state index >= 15 is 0 Å². The Labute approximate surface area is 165 Å². The monoisotopic (exact) mass is 394 g/mol. The van der Waals surface area contributed by atoms with Gasteiger partial charge in [0.1, 0.15) is 5.03 Å². The highest BCUT2D eigenvalue weighted by molar-refractivity contribution is 7.84. The van der Waals surface area contributed by atoms with Crippen LogP contribution in [0.5, 0.6) is 0 Å². The first kappa shape index (κ1) is 19.4. The molecule has 0 radical (unpaired) electrons. The number of benzene rings is 2. The zero-order valence-electron chi connectivity index (χ0n) is 15.1. The topological polar surface area (TPSA) is 85.4 Å². The second-order valence-electron chi connectivity index (χ2n) is 5.85. The molecule has 3 rings (SSSR count). The molecule has 1 heterocycles. The number of nitrogens with zero attached hydrogens (tertiary/aromatic N) is 1. The van der Waals surface area contributed by atoms with Gasteiger partial charge in [-0.3, -0.25) is 9.00 Å². The number of hydrogen-bond acceptors (Lipinski definition) is 5. The first-order chi connectivity index (χ1) is 13.6.